The zero-order valence-electron chi connectivity index (χ0n) is 16.4. The fourth-order valence-corrected chi connectivity index (χ4v) is 3.32. The van der Waals surface area contributed by atoms with Gasteiger partial charge in [0.25, 0.3) is 11.8 Å². The predicted molar refractivity (Wildman–Crippen MR) is 113 cm³/mol. The first-order valence-electron chi connectivity index (χ1n) is 9.34. The quantitative estimate of drug-likeness (QED) is 0.503. The lowest BCUT2D eigenvalue weighted by Gasteiger charge is -2.26. The molecule has 154 valence electrons. The molecule has 8 nitrogen and oxygen atoms in total. The number of carbonyl (C=O) groups is 4. The molecule has 0 radical (unpaired) electrons. The average Bonchev–Trinajstić information content (AvgIpc) is 3.19. The number of aryl methyl sites for hydroxylation is 1. The number of benzene rings is 2. The second kappa shape index (κ2) is 7.75. The molecule has 1 aliphatic heterocycles. The largest absolute Gasteiger partial charge is 0.478 e. The van der Waals surface area contributed by atoms with Crippen molar-refractivity contribution in [1.82, 2.24) is 9.88 Å². The lowest BCUT2D eigenvalue weighted by Crippen LogP contribution is -2.54. The molecule has 0 atom stereocenters. The molecule has 1 aliphatic rings. The molecule has 1 fully saturated rings. The van der Waals surface area contributed by atoms with E-state index in [2.05, 4.69) is 5.32 Å². The zero-order valence-corrected chi connectivity index (χ0v) is 16.4. The number of carboxylic acids is 1. The summed E-state index contributed by atoms with van der Waals surface area (Å²) in [5.41, 5.74) is 2.34. The summed E-state index contributed by atoms with van der Waals surface area (Å²) in [6.45, 7) is 1.83. The SMILES string of the molecule is Cc1cccc(N2C(=O)NC(=O)C(=Cc3cccn3-c3ccc(C(=O)O)cc3)C2=O)c1. The first kappa shape index (κ1) is 19.8. The number of aromatic carboxylic acids is 1. The maximum atomic E-state index is 13.1. The van der Waals surface area contributed by atoms with Gasteiger partial charge in [-0.3, -0.25) is 14.9 Å². The van der Waals surface area contributed by atoms with Crippen molar-refractivity contribution >= 4 is 35.6 Å². The molecule has 0 saturated carbocycles. The van der Waals surface area contributed by atoms with Gasteiger partial charge in [-0.15, -0.1) is 0 Å². The van der Waals surface area contributed by atoms with Crippen LogP contribution >= 0.6 is 0 Å². The van der Waals surface area contributed by atoms with E-state index in [4.69, 9.17) is 5.11 Å². The predicted octanol–water partition coefficient (Wildman–Crippen LogP) is 3.15. The number of barbiturate groups is 1. The number of imide groups is 2. The van der Waals surface area contributed by atoms with Crippen molar-refractivity contribution in [1.29, 1.82) is 0 Å². The summed E-state index contributed by atoms with van der Waals surface area (Å²) in [6, 6.07) is 15.6. The van der Waals surface area contributed by atoms with Gasteiger partial charge in [-0.25, -0.2) is 14.5 Å². The van der Waals surface area contributed by atoms with E-state index in [9.17, 15) is 19.2 Å². The number of amides is 4. The van der Waals surface area contributed by atoms with E-state index in [0.717, 1.165) is 10.5 Å². The van der Waals surface area contributed by atoms with E-state index < -0.39 is 23.8 Å². The number of urea groups is 1. The van der Waals surface area contributed by atoms with Gasteiger partial charge in [-0.1, -0.05) is 12.1 Å². The molecule has 0 bridgehead atoms. The van der Waals surface area contributed by atoms with Crippen molar-refractivity contribution in [2.45, 2.75) is 6.92 Å². The molecular formula is C23H17N3O5. The molecule has 0 spiro atoms. The Kier molecular flexibility index (Phi) is 4.96. The van der Waals surface area contributed by atoms with Gasteiger partial charge in [0.15, 0.2) is 0 Å². The molecule has 1 aromatic heterocycles. The monoisotopic (exact) mass is 415 g/mol. The third-order valence-corrected chi connectivity index (χ3v) is 4.83. The van der Waals surface area contributed by atoms with Gasteiger partial charge in [-0.2, -0.15) is 0 Å². The van der Waals surface area contributed by atoms with Crippen LogP contribution in [0.25, 0.3) is 11.8 Å². The Labute approximate surface area is 177 Å². The van der Waals surface area contributed by atoms with Gasteiger partial charge in [0.1, 0.15) is 5.57 Å². The standard InChI is InChI=1S/C23H17N3O5/c1-14-4-2-5-18(12-14)26-21(28)19(20(27)24-23(26)31)13-17-6-3-11-25(17)16-9-7-15(8-10-16)22(29)30/h2-13H,1H3,(H,29,30)(H,24,27,31). The summed E-state index contributed by atoms with van der Waals surface area (Å²) >= 11 is 0. The van der Waals surface area contributed by atoms with Gasteiger partial charge in [-0.05, 0) is 67.1 Å². The molecule has 2 N–H and O–H groups in total. The van der Waals surface area contributed by atoms with Crippen LogP contribution in [0.5, 0.6) is 0 Å². The van der Waals surface area contributed by atoms with E-state index in [1.165, 1.54) is 18.2 Å². The third-order valence-electron chi connectivity index (χ3n) is 4.83. The molecule has 1 saturated heterocycles. The maximum absolute atomic E-state index is 13.1. The minimum atomic E-state index is -1.04. The summed E-state index contributed by atoms with van der Waals surface area (Å²) in [7, 11) is 0. The maximum Gasteiger partial charge on any atom is 0.335 e. The molecule has 0 aliphatic carbocycles. The van der Waals surface area contributed by atoms with Gasteiger partial charge in [0.05, 0.1) is 11.3 Å². The first-order valence-corrected chi connectivity index (χ1v) is 9.34. The number of rotatable bonds is 4. The Bertz CT molecular complexity index is 1250. The summed E-state index contributed by atoms with van der Waals surface area (Å²) in [5, 5.41) is 11.3. The highest BCUT2D eigenvalue weighted by molar-refractivity contribution is 6.39. The van der Waals surface area contributed by atoms with Crippen LogP contribution in [0.15, 0.2) is 72.4 Å². The first-order chi connectivity index (χ1) is 14.8. The second-order valence-corrected chi connectivity index (χ2v) is 6.95. The molecule has 8 heteroatoms. The van der Waals surface area contributed by atoms with E-state index >= 15 is 0 Å². The second-order valence-electron chi connectivity index (χ2n) is 6.95. The van der Waals surface area contributed by atoms with Crippen molar-refractivity contribution < 1.29 is 24.3 Å². The van der Waals surface area contributed by atoms with Crippen LogP contribution in [-0.4, -0.2) is 33.5 Å². The summed E-state index contributed by atoms with van der Waals surface area (Å²) in [5.74, 6) is -2.55. The smallest absolute Gasteiger partial charge is 0.335 e. The van der Waals surface area contributed by atoms with Crippen molar-refractivity contribution in [3.05, 3.63) is 89.3 Å². The Morgan fingerprint density at radius 2 is 1.71 bits per heavy atom. The third kappa shape index (κ3) is 3.74. The number of hydrogen-bond donors (Lipinski definition) is 2. The van der Waals surface area contributed by atoms with Crippen molar-refractivity contribution in [2.24, 2.45) is 0 Å². The molecule has 4 amide bonds. The Morgan fingerprint density at radius 3 is 2.39 bits per heavy atom. The van der Waals surface area contributed by atoms with Crippen LogP contribution in [0.4, 0.5) is 10.5 Å². The van der Waals surface area contributed by atoms with E-state index in [0.29, 0.717) is 17.1 Å². The van der Waals surface area contributed by atoms with Gasteiger partial charge < -0.3 is 9.67 Å². The van der Waals surface area contributed by atoms with Crippen molar-refractivity contribution in [3.63, 3.8) is 0 Å². The summed E-state index contributed by atoms with van der Waals surface area (Å²) in [6.07, 6.45) is 3.12. The average molecular weight is 415 g/mol. The number of carboxylic acid groups (broad SMARTS) is 1. The fourth-order valence-electron chi connectivity index (χ4n) is 3.32. The molecule has 2 aromatic carbocycles. The number of aromatic nitrogens is 1. The number of anilines is 1. The minimum Gasteiger partial charge on any atom is -0.478 e. The molecular weight excluding hydrogens is 398 g/mol. The number of carbonyl (C=O) groups excluding carboxylic acids is 3. The van der Waals surface area contributed by atoms with Crippen molar-refractivity contribution in [3.8, 4) is 5.69 Å². The number of nitrogens with one attached hydrogen (secondary N) is 1. The van der Waals surface area contributed by atoms with Crippen LogP contribution in [0, 0.1) is 6.92 Å². The molecule has 4 rings (SSSR count). The van der Waals surface area contributed by atoms with Crippen LogP contribution in [-0.2, 0) is 9.59 Å². The highest BCUT2D eigenvalue weighted by Crippen LogP contribution is 2.24. The molecule has 2 heterocycles. The van der Waals surface area contributed by atoms with E-state index in [1.807, 2.05) is 13.0 Å². The number of nitrogens with zero attached hydrogens (tertiary/aromatic N) is 2. The normalized spacial score (nSPS) is 15.3. The Balaban J connectivity index is 1.72. The molecule has 31 heavy (non-hydrogen) atoms. The van der Waals surface area contributed by atoms with Crippen LogP contribution < -0.4 is 10.2 Å². The Hall–Kier alpha value is -4.46. The number of hydrogen-bond acceptors (Lipinski definition) is 4. The van der Waals surface area contributed by atoms with Crippen molar-refractivity contribution in [2.75, 3.05) is 4.90 Å². The summed E-state index contributed by atoms with van der Waals surface area (Å²) < 4.78 is 1.70. The van der Waals surface area contributed by atoms with E-state index in [1.54, 1.807) is 53.2 Å². The fraction of sp³-hybridized carbons (Fsp3) is 0.0435. The lowest BCUT2D eigenvalue weighted by atomic mass is 10.1. The zero-order chi connectivity index (χ0) is 22.1. The lowest BCUT2D eigenvalue weighted by molar-refractivity contribution is -0.122. The summed E-state index contributed by atoms with van der Waals surface area (Å²) in [4.78, 5) is 49.8. The van der Waals surface area contributed by atoms with E-state index in [-0.39, 0.29) is 11.1 Å². The van der Waals surface area contributed by atoms with Crippen LogP contribution in [0.3, 0.4) is 0 Å². The van der Waals surface area contributed by atoms with Crippen LogP contribution in [0.1, 0.15) is 21.6 Å². The molecule has 3 aromatic rings. The highest BCUT2D eigenvalue weighted by atomic mass is 16.4. The van der Waals surface area contributed by atoms with Gasteiger partial charge in [0, 0.05) is 17.6 Å². The van der Waals surface area contributed by atoms with Gasteiger partial charge in [0.2, 0.25) is 0 Å². The topological polar surface area (TPSA) is 109 Å². The highest BCUT2D eigenvalue weighted by Gasteiger charge is 2.37. The Morgan fingerprint density at radius 1 is 0.968 bits per heavy atom. The minimum absolute atomic E-state index is 0.143. The van der Waals surface area contributed by atoms with Crippen LogP contribution in [0.2, 0.25) is 0 Å². The molecule has 0 unspecified atom stereocenters. The van der Waals surface area contributed by atoms with Gasteiger partial charge >= 0.3 is 12.0 Å².